The predicted octanol–water partition coefficient (Wildman–Crippen LogP) is 5.39. The number of hydrogen-bond acceptors (Lipinski definition) is 2. The number of carbonyl (C=O) groups is 1. The summed E-state index contributed by atoms with van der Waals surface area (Å²) in [6, 6.07) is 22.9. The highest BCUT2D eigenvalue weighted by Crippen LogP contribution is 2.24. The van der Waals surface area contributed by atoms with Gasteiger partial charge in [0.25, 0.3) is 0 Å². The van der Waals surface area contributed by atoms with Crippen LogP contribution >= 0.6 is 11.6 Å². The van der Waals surface area contributed by atoms with Gasteiger partial charge in [0.1, 0.15) is 5.75 Å². The maximum atomic E-state index is 11.6. The van der Waals surface area contributed by atoms with Crippen LogP contribution in [-0.4, -0.2) is 17.2 Å². The van der Waals surface area contributed by atoms with E-state index in [2.05, 4.69) is 0 Å². The number of benzene rings is 3. The van der Waals surface area contributed by atoms with Crippen molar-refractivity contribution in [2.75, 3.05) is 0 Å². The van der Waals surface area contributed by atoms with E-state index in [0.29, 0.717) is 10.8 Å². The van der Waals surface area contributed by atoms with Crippen molar-refractivity contribution in [2.24, 2.45) is 0 Å². The molecule has 0 aliphatic carbocycles. The lowest BCUT2D eigenvalue weighted by molar-refractivity contribution is -0.145. The van der Waals surface area contributed by atoms with Crippen molar-refractivity contribution in [1.82, 2.24) is 0 Å². The topological polar surface area (TPSA) is 46.5 Å². The third kappa shape index (κ3) is 4.44. The Morgan fingerprint density at radius 3 is 2.27 bits per heavy atom. The number of ether oxygens (including phenoxy) is 1. The molecule has 3 aromatic rings. The van der Waals surface area contributed by atoms with E-state index in [1.54, 1.807) is 18.2 Å². The average Bonchev–Trinajstić information content (AvgIpc) is 2.64. The molecule has 3 rings (SSSR count). The zero-order valence-corrected chi connectivity index (χ0v) is 15.1. The quantitative estimate of drug-likeness (QED) is 0.636. The fourth-order valence-corrected chi connectivity index (χ4v) is 3.01. The lowest BCUT2D eigenvalue weighted by Crippen LogP contribution is -2.29. The molecule has 1 atom stereocenters. The number of aliphatic carboxylic acids is 1. The summed E-state index contributed by atoms with van der Waals surface area (Å²) in [4.78, 5) is 11.6. The molecule has 0 aromatic heterocycles. The SMILES string of the molecule is Cc1cc(Cl)ccc1C[C@@H](Oc1ccc(-c2ccccc2)cc1)C(=O)O. The van der Waals surface area contributed by atoms with E-state index in [0.717, 1.165) is 22.3 Å². The number of carboxylic acid groups (broad SMARTS) is 1. The molecule has 3 nitrogen and oxygen atoms in total. The largest absolute Gasteiger partial charge is 0.478 e. The van der Waals surface area contributed by atoms with Gasteiger partial charge in [-0.25, -0.2) is 4.79 Å². The summed E-state index contributed by atoms with van der Waals surface area (Å²) in [5.41, 5.74) is 4.01. The highest BCUT2D eigenvalue weighted by atomic mass is 35.5. The molecule has 132 valence electrons. The minimum absolute atomic E-state index is 0.277. The first-order chi connectivity index (χ1) is 12.5. The summed E-state index contributed by atoms with van der Waals surface area (Å²) < 4.78 is 5.72. The molecular weight excluding hydrogens is 348 g/mol. The van der Waals surface area contributed by atoms with Gasteiger partial charge < -0.3 is 9.84 Å². The summed E-state index contributed by atoms with van der Waals surface area (Å²) in [5, 5.41) is 10.2. The molecular formula is C22H19ClO3. The molecule has 0 saturated heterocycles. The van der Waals surface area contributed by atoms with Crippen LogP contribution in [0.15, 0.2) is 72.8 Å². The van der Waals surface area contributed by atoms with Gasteiger partial charge in [-0.15, -0.1) is 0 Å². The fraction of sp³-hybridized carbons (Fsp3) is 0.136. The molecule has 26 heavy (non-hydrogen) atoms. The van der Waals surface area contributed by atoms with Crippen molar-refractivity contribution < 1.29 is 14.6 Å². The van der Waals surface area contributed by atoms with Crippen molar-refractivity contribution in [3.63, 3.8) is 0 Å². The van der Waals surface area contributed by atoms with E-state index in [4.69, 9.17) is 16.3 Å². The summed E-state index contributed by atoms with van der Waals surface area (Å²) in [7, 11) is 0. The number of carboxylic acids is 1. The molecule has 0 aliphatic heterocycles. The van der Waals surface area contributed by atoms with Gasteiger partial charge in [-0.05, 0) is 53.4 Å². The normalized spacial score (nSPS) is 11.8. The van der Waals surface area contributed by atoms with Crippen molar-refractivity contribution >= 4 is 17.6 Å². The van der Waals surface area contributed by atoms with Crippen LogP contribution in [0.25, 0.3) is 11.1 Å². The number of rotatable bonds is 6. The highest BCUT2D eigenvalue weighted by Gasteiger charge is 2.21. The highest BCUT2D eigenvalue weighted by molar-refractivity contribution is 6.30. The van der Waals surface area contributed by atoms with Crippen LogP contribution in [0.3, 0.4) is 0 Å². The minimum atomic E-state index is -0.994. The maximum Gasteiger partial charge on any atom is 0.345 e. The lowest BCUT2D eigenvalue weighted by Gasteiger charge is -2.17. The Kier molecular flexibility index (Phi) is 5.59. The van der Waals surface area contributed by atoms with Gasteiger partial charge in [0, 0.05) is 11.4 Å². The van der Waals surface area contributed by atoms with Crippen LogP contribution in [0.1, 0.15) is 11.1 Å². The van der Waals surface area contributed by atoms with Crippen molar-refractivity contribution in [2.45, 2.75) is 19.4 Å². The van der Waals surface area contributed by atoms with Crippen molar-refractivity contribution in [3.8, 4) is 16.9 Å². The lowest BCUT2D eigenvalue weighted by atomic mass is 10.0. The Bertz CT molecular complexity index is 889. The van der Waals surface area contributed by atoms with E-state index >= 15 is 0 Å². The Morgan fingerprint density at radius 2 is 1.65 bits per heavy atom. The van der Waals surface area contributed by atoms with E-state index in [1.165, 1.54) is 0 Å². The first kappa shape index (κ1) is 18.0. The first-order valence-electron chi connectivity index (χ1n) is 8.33. The summed E-state index contributed by atoms with van der Waals surface area (Å²) in [6.45, 7) is 1.91. The van der Waals surface area contributed by atoms with Crippen LogP contribution in [-0.2, 0) is 11.2 Å². The molecule has 0 heterocycles. The van der Waals surface area contributed by atoms with Crippen LogP contribution in [0, 0.1) is 6.92 Å². The van der Waals surface area contributed by atoms with Gasteiger partial charge in [0.05, 0.1) is 0 Å². The Balaban J connectivity index is 1.75. The molecule has 0 bridgehead atoms. The molecule has 0 aliphatic rings. The number of hydrogen-bond donors (Lipinski definition) is 1. The van der Waals surface area contributed by atoms with Gasteiger partial charge in [0.15, 0.2) is 6.10 Å². The molecule has 0 saturated carbocycles. The molecule has 0 spiro atoms. The molecule has 0 fully saturated rings. The molecule has 0 radical (unpaired) electrons. The van der Waals surface area contributed by atoms with E-state index < -0.39 is 12.1 Å². The second-order valence-electron chi connectivity index (χ2n) is 6.11. The Morgan fingerprint density at radius 1 is 1.00 bits per heavy atom. The Hall–Kier alpha value is -2.78. The van der Waals surface area contributed by atoms with E-state index in [-0.39, 0.29) is 6.42 Å². The summed E-state index contributed by atoms with van der Waals surface area (Å²) in [6.07, 6.45) is -0.684. The van der Waals surface area contributed by atoms with Crippen molar-refractivity contribution in [3.05, 3.63) is 88.9 Å². The second kappa shape index (κ2) is 8.07. The average molecular weight is 367 g/mol. The standard InChI is InChI=1S/C22H19ClO3/c1-15-13-19(23)10-7-18(15)14-21(22(24)25)26-20-11-8-17(9-12-20)16-5-3-2-4-6-16/h2-13,21H,14H2,1H3,(H,24,25)/t21-/m1/s1. The van der Waals surface area contributed by atoms with Crippen LogP contribution < -0.4 is 4.74 Å². The van der Waals surface area contributed by atoms with Gasteiger partial charge in [-0.1, -0.05) is 60.1 Å². The van der Waals surface area contributed by atoms with Crippen LogP contribution in [0.4, 0.5) is 0 Å². The number of aryl methyl sites for hydroxylation is 1. The fourth-order valence-electron chi connectivity index (χ4n) is 2.79. The molecule has 3 aromatic carbocycles. The smallest absolute Gasteiger partial charge is 0.345 e. The summed E-state index contributed by atoms with van der Waals surface area (Å²) >= 11 is 5.96. The molecule has 0 unspecified atom stereocenters. The zero-order chi connectivity index (χ0) is 18.5. The van der Waals surface area contributed by atoms with Crippen molar-refractivity contribution in [1.29, 1.82) is 0 Å². The Labute approximate surface area is 157 Å². The van der Waals surface area contributed by atoms with E-state index in [9.17, 15) is 9.90 Å². The zero-order valence-electron chi connectivity index (χ0n) is 14.4. The molecule has 1 N–H and O–H groups in total. The predicted molar refractivity (Wildman–Crippen MR) is 104 cm³/mol. The van der Waals surface area contributed by atoms with Gasteiger partial charge >= 0.3 is 5.97 Å². The maximum absolute atomic E-state index is 11.6. The number of halogens is 1. The molecule has 0 amide bonds. The second-order valence-corrected chi connectivity index (χ2v) is 6.55. The van der Waals surface area contributed by atoms with Gasteiger partial charge in [-0.2, -0.15) is 0 Å². The molecule has 4 heteroatoms. The monoisotopic (exact) mass is 366 g/mol. The minimum Gasteiger partial charge on any atom is -0.478 e. The van der Waals surface area contributed by atoms with Crippen LogP contribution in [0.2, 0.25) is 5.02 Å². The summed E-state index contributed by atoms with van der Waals surface area (Å²) in [5.74, 6) is -0.463. The third-order valence-corrected chi connectivity index (χ3v) is 4.46. The van der Waals surface area contributed by atoms with Gasteiger partial charge in [0.2, 0.25) is 0 Å². The van der Waals surface area contributed by atoms with E-state index in [1.807, 2.05) is 61.5 Å². The first-order valence-corrected chi connectivity index (χ1v) is 8.71. The van der Waals surface area contributed by atoms with Gasteiger partial charge in [-0.3, -0.25) is 0 Å². The van der Waals surface area contributed by atoms with Crippen LogP contribution in [0.5, 0.6) is 5.75 Å². The third-order valence-electron chi connectivity index (χ3n) is 4.23.